The van der Waals surface area contributed by atoms with Crippen LogP contribution in [0.3, 0.4) is 0 Å². The van der Waals surface area contributed by atoms with Crippen LogP contribution in [0.25, 0.3) is 0 Å². The molecule has 9 heteroatoms. The maximum absolute atomic E-state index is 12.2. The SMILES string of the molecule is COc1cc(Br)ccc1OC(=O)CCCC(=O)OC(C)C(F)(F)F. The van der Waals surface area contributed by atoms with Gasteiger partial charge >= 0.3 is 18.1 Å². The van der Waals surface area contributed by atoms with Gasteiger partial charge in [-0.2, -0.15) is 13.2 Å². The van der Waals surface area contributed by atoms with Gasteiger partial charge < -0.3 is 14.2 Å². The number of alkyl halides is 3. The summed E-state index contributed by atoms with van der Waals surface area (Å²) in [4.78, 5) is 23.0. The van der Waals surface area contributed by atoms with Crippen molar-refractivity contribution in [3.63, 3.8) is 0 Å². The summed E-state index contributed by atoms with van der Waals surface area (Å²) in [6.45, 7) is 0.742. The topological polar surface area (TPSA) is 61.8 Å². The van der Waals surface area contributed by atoms with E-state index in [1.165, 1.54) is 13.2 Å². The summed E-state index contributed by atoms with van der Waals surface area (Å²) in [6.07, 6.45) is -7.22. The third kappa shape index (κ3) is 6.77. The third-order valence-corrected chi connectivity index (χ3v) is 3.37. The van der Waals surface area contributed by atoms with Crippen LogP contribution in [0.4, 0.5) is 13.2 Å². The zero-order valence-electron chi connectivity index (χ0n) is 13.0. The van der Waals surface area contributed by atoms with Crippen molar-refractivity contribution in [1.82, 2.24) is 0 Å². The van der Waals surface area contributed by atoms with Crippen molar-refractivity contribution in [1.29, 1.82) is 0 Å². The number of carbonyl (C=O) groups is 2. The van der Waals surface area contributed by atoms with Crippen molar-refractivity contribution in [2.45, 2.75) is 38.5 Å². The van der Waals surface area contributed by atoms with Crippen molar-refractivity contribution in [3.8, 4) is 11.5 Å². The first kappa shape index (κ1) is 20.3. The lowest BCUT2D eigenvalue weighted by atomic mass is 10.2. The van der Waals surface area contributed by atoms with Gasteiger partial charge in [0.05, 0.1) is 7.11 Å². The van der Waals surface area contributed by atoms with Gasteiger partial charge in [0.25, 0.3) is 0 Å². The summed E-state index contributed by atoms with van der Waals surface area (Å²) in [6, 6.07) is 4.79. The van der Waals surface area contributed by atoms with E-state index >= 15 is 0 Å². The van der Waals surface area contributed by atoms with E-state index in [9.17, 15) is 22.8 Å². The van der Waals surface area contributed by atoms with E-state index < -0.39 is 24.2 Å². The zero-order valence-corrected chi connectivity index (χ0v) is 14.6. The molecule has 0 aromatic heterocycles. The van der Waals surface area contributed by atoms with Crippen LogP contribution < -0.4 is 9.47 Å². The minimum Gasteiger partial charge on any atom is -0.493 e. The van der Waals surface area contributed by atoms with Gasteiger partial charge in [-0.25, -0.2) is 0 Å². The molecule has 1 unspecified atom stereocenters. The number of carbonyl (C=O) groups excluding carboxylic acids is 2. The molecule has 0 aliphatic carbocycles. The van der Waals surface area contributed by atoms with Gasteiger partial charge in [0, 0.05) is 17.3 Å². The van der Waals surface area contributed by atoms with Gasteiger partial charge in [0.15, 0.2) is 17.6 Å². The molecule has 1 atom stereocenters. The number of hydrogen-bond donors (Lipinski definition) is 0. The first-order valence-corrected chi connectivity index (χ1v) is 7.73. The maximum Gasteiger partial charge on any atom is 0.425 e. The molecule has 0 bridgehead atoms. The largest absolute Gasteiger partial charge is 0.493 e. The normalized spacial score (nSPS) is 12.4. The second-order valence-corrected chi connectivity index (χ2v) is 5.71. The molecule has 0 spiro atoms. The predicted octanol–water partition coefficient (Wildman–Crippen LogP) is 4.03. The number of benzene rings is 1. The molecule has 0 amide bonds. The Kier molecular flexibility index (Phi) is 7.53. The number of methoxy groups -OCH3 is 1. The van der Waals surface area contributed by atoms with E-state index in [1.807, 2.05) is 0 Å². The second-order valence-electron chi connectivity index (χ2n) is 4.80. The van der Waals surface area contributed by atoms with Crippen LogP contribution in [0.2, 0.25) is 0 Å². The van der Waals surface area contributed by atoms with Crippen LogP contribution in [0.15, 0.2) is 22.7 Å². The van der Waals surface area contributed by atoms with Crippen LogP contribution >= 0.6 is 15.9 Å². The van der Waals surface area contributed by atoms with Gasteiger partial charge in [0.1, 0.15) is 0 Å². The molecule has 0 aliphatic heterocycles. The quantitative estimate of drug-likeness (QED) is 0.499. The van der Waals surface area contributed by atoms with Crippen molar-refractivity contribution in [2.24, 2.45) is 0 Å². The molecule has 0 heterocycles. The predicted molar refractivity (Wildman–Crippen MR) is 81.8 cm³/mol. The highest BCUT2D eigenvalue weighted by Crippen LogP contribution is 2.30. The Bertz CT molecular complexity index is 589. The number of esters is 2. The molecule has 134 valence electrons. The minimum absolute atomic E-state index is 0.0150. The van der Waals surface area contributed by atoms with E-state index in [-0.39, 0.29) is 25.0 Å². The van der Waals surface area contributed by atoms with Gasteiger partial charge in [-0.3, -0.25) is 9.59 Å². The average Bonchev–Trinajstić information content (AvgIpc) is 2.48. The average molecular weight is 413 g/mol. The Hall–Kier alpha value is -1.77. The van der Waals surface area contributed by atoms with Gasteiger partial charge in [0.2, 0.25) is 0 Å². The highest BCUT2D eigenvalue weighted by Gasteiger charge is 2.38. The summed E-state index contributed by atoms with van der Waals surface area (Å²) < 4.78 is 51.8. The molecule has 24 heavy (non-hydrogen) atoms. The smallest absolute Gasteiger partial charge is 0.425 e. The zero-order chi connectivity index (χ0) is 18.3. The lowest BCUT2D eigenvalue weighted by molar-refractivity contribution is -0.216. The lowest BCUT2D eigenvalue weighted by Gasteiger charge is -2.16. The Labute approximate surface area is 145 Å². The van der Waals surface area contributed by atoms with Crippen LogP contribution in [-0.4, -0.2) is 31.3 Å². The van der Waals surface area contributed by atoms with Crippen molar-refractivity contribution in [2.75, 3.05) is 7.11 Å². The molecule has 5 nitrogen and oxygen atoms in total. The summed E-state index contributed by atoms with van der Waals surface area (Å²) in [7, 11) is 1.41. The van der Waals surface area contributed by atoms with E-state index in [0.29, 0.717) is 5.75 Å². The highest BCUT2D eigenvalue weighted by molar-refractivity contribution is 9.10. The van der Waals surface area contributed by atoms with Crippen molar-refractivity contribution in [3.05, 3.63) is 22.7 Å². The molecule has 0 aliphatic rings. The first-order valence-electron chi connectivity index (χ1n) is 6.94. The molecule has 1 aromatic rings. The fraction of sp³-hybridized carbons (Fsp3) is 0.467. The Balaban J connectivity index is 2.41. The highest BCUT2D eigenvalue weighted by atomic mass is 79.9. The van der Waals surface area contributed by atoms with E-state index in [1.54, 1.807) is 12.1 Å². The second kappa shape index (κ2) is 8.91. The number of hydrogen-bond acceptors (Lipinski definition) is 5. The van der Waals surface area contributed by atoms with E-state index in [0.717, 1.165) is 11.4 Å². The van der Waals surface area contributed by atoms with Gasteiger partial charge in [-0.1, -0.05) is 15.9 Å². The Morgan fingerprint density at radius 1 is 1.17 bits per heavy atom. The molecular formula is C15H16BrF3O5. The molecule has 1 rings (SSSR count). The number of rotatable bonds is 7. The van der Waals surface area contributed by atoms with Crippen molar-refractivity contribution < 1.29 is 37.0 Å². The van der Waals surface area contributed by atoms with Crippen LogP contribution in [0, 0.1) is 0 Å². The summed E-state index contributed by atoms with van der Waals surface area (Å²) in [5, 5.41) is 0. The maximum atomic E-state index is 12.2. The van der Waals surface area contributed by atoms with E-state index in [4.69, 9.17) is 9.47 Å². The standard InChI is InChI=1S/C15H16BrF3O5/c1-9(15(17,18)19)23-13(20)4-3-5-14(21)24-11-7-6-10(16)8-12(11)22-2/h6-9H,3-5H2,1-2H3. The summed E-state index contributed by atoms with van der Waals surface area (Å²) in [5.41, 5.74) is 0. The minimum atomic E-state index is -4.60. The lowest BCUT2D eigenvalue weighted by Crippen LogP contribution is -2.30. The molecule has 0 radical (unpaired) electrons. The van der Waals surface area contributed by atoms with E-state index in [2.05, 4.69) is 20.7 Å². The van der Waals surface area contributed by atoms with Crippen LogP contribution in [-0.2, 0) is 14.3 Å². The van der Waals surface area contributed by atoms with Crippen LogP contribution in [0.5, 0.6) is 11.5 Å². The van der Waals surface area contributed by atoms with Crippen LogP contribution in [0.1, 0.15) is 26.2 Å². The molecule has 0 fully saturated rings. The molecule has 0 saturated carbocycles. The monoisotopic (exact) mass is 412 g/mol. The Morgan fingerprint density at radius 3 is 2.38 bits per heavy atom. The number of halogens is 4. The molecule has 0 saturated heterocycles. The summed E-state index contributed by atoms with van der Waals surface area (Å²) in [5.74, 6) is -1.10. The molecule has 1 aromatic carbocycles. The molecular weight excluding hydrogens is 397 g/mol. The van der Waals surface area contributed by atoms with Gasteiger partial charge in [-0.15, -0.1) is 0 Å². The van der Waals surface area contributed by atoms with Gasteiger partial charge in [-0.05, 0) is 31.5 Å². The molecule has 0 N–H and O–H groups in total. The fourth-order valence-corrected chi connectivity index (χ4v) is 1.94. The summed E-state index contributed by atoms with van der Waals surface area (Å²) >= 11 is 3.24. The number of ether oxygens (including phenoxy) is 3. The Morgan fingerprint density at radius 2 is 1.79 bits per heavy atom. The fourth-order valence-electron chi connectivity index (χ4n) is 1.60. The third-order valence-electron chi connectivity index (χ3n) is 2.88. The first-order chi connectivity index (χ1) is 11.1. The van der Waals surface area contributed by atoms with Crippen molar-refractivity contribution >= 4 is 27.9 Å².